The molecular formula is C30H29F3N3O6+. The quantitative estimate of drug-likeness (QED) is 0.292. The Morgan fingerprint density at radius 2 is 1.71 bits per heavy atom. The fourth-order valence-electron chi connectivity index (χ4n) is 4.69. The molecule has 0 bridgehead atoms. The molecule has 1 N–H and O–H groups in total. The highest BCUT2D eigenvalue weighted by atomic mass is 19.4. The number of alkyl halides is 3. The lowest BCUT2D eigenvalue weighted by molar-refractivity contribution is -0.537. The monoisotopic (exact) mass is 584 g/mol. The van der Waals surface area contributed by atoms with Gasteiger partial charge in [-0.25, -0.2) is 4.79 Å². The molecular weight excluding hydrogens is 555 g/mol. The minimum Gasteiger partial charge on any atom is -0.487 e. The number of rotatable bonds is 10. The number of morpholine rings is 1. The summed E-state index contributed by atoms with van der Waals surface area (Å²) < 4.78 is 60.4. The molecule has 3 aromatic rings. The van der Waals surface area contributed by atoms with E-state index in [0.717, 1.165) is 24.3 Å². The number of carboxylic acid groups (broad SMARTS) is 1. The first-order chi connectivity index (χ1) is 20.1. The molecule has 0 saturated carbocycles. The summed E-state index contributed by atoms with van der Waals surface area (Å²) in [5.41, 5.74) is 3.94. The number of ether oxygens (including phenoxy) is 4. The number of hydrogen-bond donors (Lipinski definition) is 1. The average Bonchev–Trinajstić information content (AvgIpc) is 3.40. The number of anilines is 1. The Balaban J connectivity index is 1.36. The first-order valence-corrected chi connectivity index (χ1v) is 13.2. The maximum absolute atomic E-state index is 12.7. The predicted molar refractivity (Wildman–Crippen MR) is 146 cm³/mol. The Bertz CT molecular complexity index is 1470. The van der Waals surface area contributed by atoms with Crippen LogP contribution < -0.4 is 19.1 Å². The van der Waals surface area contributed by atoms with E-state index in [1.807, 2.05) is 30.3 Å². The van der Waals surface area contributed by atoms with Gasteiger partial charge in [-0.1, -0.05) is 4.70 Å². The number of carbonyl (C=O) groups is 1. The molecule has 0 aliphatic carbocycles. The Morgan fingerprint density at radius 1 is 1.02 bits per heavy atom. The Kier molecular flexibility index (Phi) is 8.62. The third kappa shape index (κ3) is 7.38. The molecule has 2 aliphatic heterocycles. The van der Waals surface area contributed by atoms with E-state index in [0.29, 0.717) is 41.7 Å². The van der Waals surface area contributed by atoms with Crippen molar-refractivity contribution in [1.29, 1.82) is 0 Å². The number of aryl methyl sites for hydroxylation is 1. The number of benzene rings is 3. The molecule has 9 nitrogen and oxygen atoms in total. The van der Waals surface area contributed by atoms with Crippen LogP contribution in [0.3, 0.4) is 0 Å². The van der Waals surface area contributed by atoms with Gasteiger partial charge in [-0.15, -0.1) is 13.2 Å². The smallest absolute Gasteiger partial charge is 0.487 e. The molecule has 0 radical (unpaired) electrons. The van der Waals surface area contributed by atoms with Crippen LogP contribution in [-0.4, -0.2) is 61.7 Å². The van der Waals surface area contributed by atoms with E-state index in [9.17, 15) is 18.0 Å². The number of aliphatic carboxylic acids is 1. The van der Waals surface area contributed by atoms with Crippen molar-refractivity contribution in [2.75, 3.05) is 44.4 Å². The van der Waals surface area contributed by atoms with Crippen LogP contribution in [0.4, 0.5) is 24.5 Å². The van der Waals surface area contributed by atoms with E-state index in [1.54, 1.807) is 29.8 Å². The molecule has 2 heterocycles. The number of carboxylic acids is 1. The van der Waals surface area contributed by atoms with E-state index in [4.69, 9.17) is 24.4 Å². The zero-order valence-corrected chi connectivity index (χ0v) is 22.7. The van der Waals surface area contributed by atoms with Gasteiger partial charge in [0.15, 0.2) is 6.61 Å². The van der Waals surface area contributed by atoms with Gasteiger partial charge in [-0.2, -0.15) is 0 Å². The van der Waals surface area contributed by atoms with Crippen LogP contribution in [0.25, 0.3) is 0 Å². The normalized spacial score (nSPS) is 17.0. The van der Waals surface area contributed by atoms with Crippen molar-refractivity contribution in [3.63, 3.8) is 0 Å². The van der Waals surface area contributed by atoms with Crippen molar-refractivity contribution in [1.82, 2.24) is 0 Å². The molecule has 5 rings (SSSR count). The molecule has 2 aliphatic rings. The van der Waals surface area contributed by atoms with Gasteiger partial charge in [0.2, 0.25) is 11.7 Å². The van der Waals surface area contributed by atoms with Crippen LogP contribution >= 0.6 is 0 Å². The highest BCUT2D eigenvalue weighted by Gasteiger charge is 2.34. The predicted octanol–water partition coefficient (Wildman–Crippen LogP) is 6.01. The Morgan fingerprint density at radius 3 is 2.36 bits per heavy atom. The number of nitrogens with zero attached hydrogens (tertiary/aromatic N) is 3. The molecule has 0 spiro atoms. The third-order valence-corrected chi connectivity index (χ3v) is 6.68. The summed E-state index contributed by atoms with van der Waals surface area (Å²) in [6, 6.07) is 18.4. The molecule has 12 heteroatoms. The molecule has 42 heavy (non-hydrogen) atoms. The first kappa shape index (κ1) is 28.9. The lowest BCUT2D eigenvalue weighted by atomic mass is 10.0. The van der Waals surface area contributed by atoms with Gasteiger partial charge in [0.1, 0.15) is 29.6 Å². The second-order valence-corrected chi connectivity index (χ2v) is 9.68. The van der Waals surface area contributed by atoms with E-state index in [1.165, 1.54) is 24.3 Å². The van der Waals surface area contributed by atoms with Crippen LogP contribution in [0.15, 0.2) is 83.6 Å². The minimum absolute atomic E-state index is 0.128. The minimum atomic E-state index is -4.78. The van der Waals surface area contributed by atoms with Crippen LogP contribution in [0, 0.1) is 6.92 Å². The molecule has 3 aromatic carbocycles. The average molecular weight is 585 g/mol. The van der Waals surface area contributed by atoms with Crippen molar-refractivity contribution >= 4 is 17.3 Å². The van der Waals surface area contributed by atoms with Crippen molar-refractivity contribution in [3.05, 3.63) is 89.6 Å². The van der Waals surface area contributed by atoms with Gasteiger partial charge < -0.3 is 29.0 Å². The topological polar surface area (TPSA) is 92.8 Å². The summed E-state index contributed by atoms with van der Waals surface area (Å²) in [5.74, 6) is -0.398. The standard InChI is InChI=1S/C30H28F3N3O6/c1-20-16-26(10-11-28(20)41-19-29(37)38)40-18-22-17-27(21-2-4-23(5-3-21)35-12-14-39-15-13-35)36(34-22)24-6-8-25(9-7-24)42-30(31,32)33/h2-11,16-17,27H,12-15,18-19H2,1H3/p+1. The first-order valence-electron chi connectivity index (χ1n) is 13.2. The maximum Gasteiger partial charge on any atom is 0.573 e. The van der Waals surface area contributed by atoms with Crippen LogP contribution in [0.5, 0.6) is 17.2 Å². The number of azo groups is 2. The van der Waals surface area contributed by atoms with Gasteiger partial charge in [0.05, 0.1) is 13.2 Å². The fraction of sp³-hybridized carbons (Fsp3) is 0.300. The highest BCUT2D eigenvalue weighted by molar-refractivity contribution is 5.68. The second kappa shape index (κ2) is 12.5. The van der Waals surface area contributed by atoms with Gasteiger partial charge in [-0.05, 0) is 72.2 Å². The Hall–Kier alpha value is -4.58. The lowest BCUT2D eigenvalue weighted by Crippen LogP contribution is -2.36. The molecule has 0 aromatic heterocycles. The molecule has 0 amide bonds. The van der Waals surface area contributed by atoms with Gasteiger partial charge >= 0.3 is 12.3 Å². The van der Waals surface area contributed by atoms with E-state index in [-0.39, 0.29) is 18.4 Å². The van der Waals surface area contributed by atoms with E-state index in [2.05, 4.69) is 9.64 Å². The van der Waals surface area contributed by atoms with Crippen molar-refractivity contribution < 1.29 is 46.7 Å². The second-order valence-electron chi connectivity index (χ2n) is 9.68. The highest BCUT2D eigenvalue weighted by Crippen LogP contribution is 2.36. The van der Waals surface area contributed by atoms with Crippen molar-refractivity contribution in [2.45, 2.75) is 19.3 Å². The summed E-state index contributed by atoms with van der Waals surface area (Å²) in [6.07, 6.45) is -2.84. The van der Waals surface area contributed by atoms with Gasteiger partial charge in [0, 0.05) is 42.5 Å². The van der Waals surface area contributed by atoms with Crippen LogP contribution in [0.2, 0.25) is 0 Å². The van der Waals surface area contributed by atoms with Crippen molar-refractivity contribution in [3.8, 4) is 17.2 Å². The van der Waals surface area contributed by atoms with Crippen LogP contribution in [-0.2, 0) is 9.53 Å². The molecule has 220 valence electrons. The SMILES string of the molecule is Cc1cc(OCC2=CC(c3ccc(N4CCOCC4)cc3)[N+](c3ccc(OC(F)(F)F)cc3)=N2)ccc1OCC(=O)O. The van der Waals surface area contributed by atoms with Gasteiger partial charge in [0.25, 0.3) is 0 Å². The summed E-state index contributed by atoms with van der Waals surface area (Å²) in [5, 5.41) is 13.6. The number of hydrogen-bond acceptors (Lipinski definition) is 7. The zero-order valence-electron chi connectivity index (χ0n) is 22.7. The molecule has 1 fully saturated rings. The Labute approximate surface area is 240 Å². The maximum atomic E-state index is 12.7. The van der Waals surface area contributed by atoms with E-state index < -0.39 is 18.9 Å². The lowest BCUT2D eigenvalue weighted by Gasteiger charge is -2.28. The number of halogens is 3. The van der Waals surface area contributed by atoms with Crippen LogP contribution in [0.1, 0.15) is 17.2 Å². The van der Waals surface area contributed by atoms with Crippen molar-refractivity contribution in [2.24, 2.45) is 5.11 Å². The van der Waals surface area contributed by atoms with E-state index >= 15 is 0 Å². The summed E-state index contributed by atoms with van der Waals surface area (Å²) in [7, 11) is 0. The molecule has 1 atom stereocenters. The summed E-state index contributed by atoms with van der Waals surface area (Å²) in [6.45, 7) is 4.44. The summed E-state index contributed by atoms with van der Waals surface area (Å²) >= 11 is 0. The summed E-state index contributed by atoms with van der Waals surface area (Å²) in [4.78, 5) is 13.0. The fourth-order valence-corrected chi connectivity index (χ4v) is 4.69. The third-order valence-electron chi connectivity index (χ3n) is 6.68. The zero-order chi connectivity index (χ0) is 29.7. The van der Waals surface area contributed by atoms with Gasteiger partial charge in [-0.3, -0.25) is 0 Å². The molecule has 1 unspecified atom stereocenters. The largest absolute Gasteiger partial charge is 0.573 e. The molecule has 1 saturated heterocycles.